The van der Waals surface area contributed by atoms with Crippen LogP contribution in [0.4, 0.5) is 10.1 Å². The lowest BCUT2D eigenvalue weighted by atomic mass is 10.1. The Morgan fingerprint density at radius 2 is 1.55 bits per heavy atom. The van der Waals surface area contributed by atoms with Gasteiger partial charge in [0.15, 0.2) is 0 Å². The van der Waals surface area contributed by atoms with Crippen LogP contribution in [0.5, 0.6) is 0 Å². The number of anilines is 1. The summed E-state index contributed by atoms with van der Waals surface area (Å²) in [6, 6.07) is 10.9. The summed E-state index contributed by atoms with van der Waals surface area (Å²) in [5.74, 6) is 0.192. The Morgan fingerprint density at radius 1 is 0.929 bits per heavy atom. The van der Waals surface area contributed by atoms with Crippen LogP contribution in [0, 0.1) is 5.82 Å². The second-order valence-electron chi connectivity index (χ2n) is 11.1. The minimum atomic E-state index is -1.28. The van der Waals surface area contributed by atoms with Gasteiger partial charge in [0.1, 0.15) is 22.9 Å². The molecular formula is C31H36FN5O5. The van der Waals surface area contributed by atoms with Crippen molar-refractivity contribution >= 4 is 22.6 Å². The van der Waals surface area contributed by atoms with Gasteiger partial charge in [0, 0.05) is 70.0 Å². The number of aromatic carboxylic acids is 1. The van der Waals surface area contributed by atoms with Gasteiger partial charge in [-0.3, -0.25) is 14.6 Å². The minimum absolute atomic E-state index is 0.125. The number of carboxylic acids is 1. The van der Waals surface area contributed by atoms with Gasteiger partial charge in [-0.15, -0.1) is 0 Å². The van der Waals surface area contributed by atoms with Gasteiger partial charge in [-0.2, -0.15) is 0 Å². The van der Waals surface area contributed by atoms with Crippen molar-refractivity contribution in [3.63, 3.8) is 0 Å². The van der Waals surface area contributed by atoms with Crippen molar-refractivity contribution in [1.82, 2.24) is 19.7 Å². The molecule has 3 aromatic heterocycles. The molecule has 0 unspecified atom stereocenters. The third-order valence-corrected chi connectivity index (χ3v) is 8.11. The topological polar surface area (TPSA) is 107 Å². The monoisotopic (exact) mass is 577 g/mol. The van der Waals surface area contributed by atoms with Gasteiger partial charge >= 0.3 is 5.97 Å². The van der Waals surface area contributed by atoms with Gasteiger partial charge in [-0.1, -0.05) is 0 Å². The highest BCUT2D eigenvalue weighted by atomic mass is 19.1. The highest BCUT2D eigenvalue weighted by Crippen LogP contribution is 2.38. The molecule has 5 heterocycles. The fourth-order valence-electron chi connectivity index (χ4n) is 5.67. The molecule has 7 rings (SSSR count). The molecule has 2 aliphatic heterocycles. The molecule has 3 aliphatic rings. The van der Waals surface area contributed by atoms with E-state index < -0.39 is 17.2 Å². The first-order valence-corrected chi connectivity index (χ1v) is 14.5. The molecule has 1 saturated carbocycles. The number of rotatable bonds is 7. The van der Waals surface area contributed by atoms with E-state index in [4.69, 9.17) is 8.83 Å². The number of benzene rings is 1. The van der Waals surface area contributed by atoms with Crippen LogP contribution in [0.15, 0.2) is 68.8 Å². The quantitative estimate of drug-likeness (QED) is 0.339. The highest BCUT2D eigenvalue weighted by molar-refractivity contribution is 5.93. The van der Waals surface area contributed by atoms with Gasteiger partial charge < -0.3 is 28.7 Å². The fraction of sp³-hybridized carbons (Fsp3) is 0.419. The summed E-state index contributed by atoms with van der Waals surface area (Å²) in [7, 11) is 0. The zero-order chi connectivity index (χ0) is 29.1. The maximum Gasteiger partial charge on any atom is 0.341 e. The van der Waals surface area contributed by atoms with Crippen molar-refractivity contribution in [2.24, 2.45) is 0 Å². The van der Waals surface area contributed by atoms with Crippen LogP contribution >= 0.6 is 0 Å². The molecule has 0 bridgehead atoms. The molecule has 222 valence electrons. The summed E-state index contributed by atoms with van der Waals surface area (Å²) in [6.07, 6.45) is 6.65. The predicted molar refractivity (Wildman–Crippen MR) is 156 cm³/mol. The molecule has 1 aromatic carbocycles. The number of hydrogen-bond donors (Lipinski definition) is 2. The first-order chi connectivity index (χ1) is 20.5. The Kier molecular flexibility index (Phi) is 8.41. The van der Waals surface area contributed by atoms with Gasteiger partial charge in [0.2, 0.25) is 5.43 Å². The van der Waals surface area contributed by atoms with Crippen molar-refractivity contribution in [3.8, 4) is 0 Å². The Bertz CT molecular complexity index is 1550. The van der Waals surface area contributed by atoms with E-state index in [1.807, 2.05) is 33.7 Å². The third-order valence-electron chi connectivity index (χ3n) is 8.11. The number of nitrogens with zero attached hydrogens (tertiary/aromatic N) is 4. The van der Waals surface area contributed by atoms with Crippen LogP contribution in [0.1, 0.15) is 40.8 Å². The number of carbonyl (C=O) groups is 1. The van der Waals surface area contributed by atoms with Crippen molar-refractivity contribution in [2.45, 2.75) is 32.0 Å². The van der Waals surface area contributed by atoms with Gasteiger partial charge in [-0.05, 0) is 49.2 Å². The minimum Gasteiger partial charge on any atom is -0.477 e. The number of piperazine rings is 2. The van der Waals surface area contributed by atoms with E-state index >= 15 is 4.39 Å². The normalized spacial score (nSPS) is 18.2. The second-order valence-corrected chi connectivity index (χ2v) is 11.1. The molecule has 2 saturated heterocycles. The number of nitrogens with one attached hydrogen (secondary N) is 1. The standard InChI is InChI=1S/C22H22FN3O4.C9H14N2O/c23-18-10-16-19(26(14-3-4-14)13-17(21(16)27)22(28)29)11-20(18)25-7-5-24(6-8-25)12-15-2-1-9-30-15;1-2-9(12-7-1)8-11-5-3-10-4-6-11/h1-2,9-11,13-14H,3-8,12H2,(H,28,29);1-2,7,10H,3-6,8H2. The number of hydrogen-bond acceptors (Lipinski definition) is 8. The SMILES string of the molecule is O=C(O)c1cn(C2CC2)c2cc(N3CCN(Cc4ccco4)CC3)c(F)cc2c1=O.c1coc(CN2CCNCC2)c1. The first-order valence-electron chi connectivity index (χ1n) is 14.5. The summed E-state index contributed by atoms with van der Waals surface area (Å²) >= 11 is 0. The van der Waals surface area contributed by atoms with E-state index in [9.17, 15) is 14.7 Å². The lowest BCUT2D eigenvalue weighted by Gasteiger charge is -2.36. The fourth-order valence-corrected chi connectivity index (χ4v) is 5.67. The molecule has 0 amide bonds. The number of fused-ring (bicyclic) bond motifs is 1. The second kappa shape index (κ2) is 12.5. The molecule has 4 aromatic rings. The Hall–Kier alpha value is -3.93. The van der Waals surface area contributed by atoms with E-state index in [2.05, 4.69) is 15.1 Å². The largest absolute Gasteiger partial charge is 0.477 e. The smallest absolute Gasteiger partial charge is 0.341 e. The van der Waals surface area contributed by atoms with E-state index in [1.54, 1.807) is 18.6 Å². The number of halogens is 1. The molecule has 1 aliphatic carbocycles. The van der Waals surface area contributed by atoms with E-state index in [-0.39, 0.29) is 17.0 Å². The molecule has 0 spiro atoms. The maximum absolute atomic E-state index is 15.0. The molecule has 10 nitrogen and oxygen atoms in total. The number of carboxylic acid groups (broad SMARTS) is 1. The molecule has 2 N–H and O–H groups in total. The summed E-state index contributed by atoms with van der Waals surface area (Å²) in [5, 5.41) is 12.8. The van der Waals surface area contributed by atoms with Gasteiger partial charge in [-0.25, -0.2) is 9.18 Å². The maximum atomic E-state index is 15.0. The van der Waals surface area contributed by atoms with Crippen molar-refractivity contribution in [2.75, 3.05) is 57.3 Å². The molecule has 0 radical (unpaired) electrons. The molecule has 42 heavy (non-hydrogen) atoms. The summed E-state index contributed by atoms with van der Waals surface area (Å²) < 4.78 is 27.5. The van der Waals surface area contributed by atoms with Crippen LogP contribution in [0.25, 0.3) is 10.9 Å². The molecule has 0 atom stereocenters. The van der Waals surface area contributed by atoms with Crippen molar-refractivity contribution < 1.29 is 23.1 Å². The summed E-state index contributed by atoms with van der Waals surface area (Å²) in [4.78, 5) is 30.7. The Balaban J connectivity index is 0.000000219. The van der Waals surface area contributed by atoms with Crippen LogP contribution < -0.4 is 15.6 Å². The lowest BCUT2D eigenvalue weighted by molar-refractivity contribution is 0.0695. The number of aromatic nitrogens is 1. The van der Waals surface area contributed by atoms with Crippen LogP contribution in [0.3, 0.4) is 0 Å². The van der Waals surface area contributed by atoms with E-state index in [0.717, 1.165) is 76.7 Å². The first kappa shape index (κ1) is 28.2. The van der Waals surface area contributed by atoms with E-state index in [1.165, 1.54) is 12.3 Å². The van der Waals surface area contributed by atoms with Gasteiger partial charge in [0.05, 0.1) is 36.8 Å². The van der Waals surface area contributed by atoms with Crippen LogP contribution in [0.2, 0.25) is 0 Å². The average Bonchev–Trinajstić information content (AvgIpc) is 3.46. The van der Waals surface area contributed by atoms with Crippen molar-refractivity contribution in [1.29, 1.82) is 0 Å². The van der Waals surface area contributed by atoms with Gasteiger partial charge in [0.25, 0.3) is 0 Å². The average molecular weight is 578 g/mol. The zero-order valence-corrected chi connectivity index (χ0v) is 23.5. The summed E-state index contributed by atoms with van der Waals surface area (Å²) in [6.45, 7) is 8.98. The number of pyridine rings is 1. The molecule has 11 heteroatoms. The van der Waals surface area contributed by atoms with Crippen LogP contribution in [-0.2, 0) is 13.1 Å². The molecule has 3 fully saturated rings. The zero-order valence-electron chi connectivity index (χ0n) is 23.5. The van der Waals surface area contributed by atoms with Crippen molar-refractivity contribution in [3.05, 3.63) is 88.2 Å². The number of furan rings is 2. The Morgan fingerprint density at radius 3 is 2.10 bits per heavy atom. The third kappa shape index (κ3) is 6.43. The Labute approximate surface area is 242 Å². The molecular weight excluding hydrogens is 541 g/mol. The van der Waals surface area contributed by atoms with Crippen LogP contribution in [-0.4, -0.2) is 77.8 Å². The predicted octanol–water partition coefficient (Wildman–Crippen LogP) is 3.77. The lowest BCUT2D eigenvalue weighted by Crippen LogP contribution is -2.46. The highest BCUT2D eigenvalue weighted by Gasteiger charge is 2.28. The van der Waals surface area contributed by atoms with E-state index in [0.29, 0.717) is 24.3 Å². The summed E-state index contributed by atoms with van der Waals surface area (Å²) in [5.41, 5.74) is 0.107.